The number of guanidine groups is 1. The average Bonchev–Trinajstić information content (AvgIpc) is 2.74. The van der Waals surface area contributed by atoms with E-state index in [1.54, 1.807) is 49.6 Å². The number of ether oxygens (including phenoxy) is 1. The van der Waals surface area contributed by atoms with Crippen molar-refractivity contribution in [3.63, 3.8) is 0 Å². The summed E-state index contributed by atoms with van der Waals surface area (Å²) >= 11 is 0. The van der Waals surface area contributed by atoms with Crippen molar-refractivity contribution in [1.82, 2.24) is 20.9 Å². The molecule has 7 nitrogen and oxygen atoms in total. The van der Waals surface area contributed by atoms with Gasteiger partial charge in [-0.05, 0) is 23.3 Å². The number of nitrogens with one attached hydrogen (secondary N) is 3. The Bertz CT molecular complexity index is 818. The Balaban J connectivity index is 0.00000480. The van der Waals surface area contributed by atoms with E-state index in [4.69, 9.17) is 0 Å². The highest BCUT2D eigenvalue weighted by Gasteiger charge is 2.27. The minimum absolute atomic E-state index is 0. The summed E-state index contributed by atoms with van der Waals surface area (Å²) in [6.07, 6.45) is -1.23. The Hall–Kier alpha value is -2.41. The van der Waals surface area contributed by atoms with Gasteiger partial charge in [-0.25, -0.2) is 0 Å². The SMILES string of the molecule is CN=C(NCCNC(=O)c1cccnc1)NCc1ccc(COCC(F)(F)F)cc1.I. The van der Waals surface area contributed by atoms with Gasteiger partial charge in [-0.3, -0.25) is 14.8 Å². The lowest BCUT2D eigenvalue weighted by Crippen LogP contribution is -2.41. The molecule has 2 rings (SSSR count). The second-order valence-electron chi connectivity index (χ2n) is 6.27. The van der Waals surface area contributed by atoms with Gasteiger partial charge in [-0.15, -0.1) is 24.0 Å². The van der Waals surface area contributed by atoms with Crippen LogP contribution >= 0.6 is 24.0 Å². The quantitative estimate of drug-likeness (QED) is 0.193. The number of halogens is 4. The molecule has 0 bridgehead atoms. The molecule has 3 N–H and O–H groups in total. The van der Waals surface area contributed by atoms with Crippen LogP contribution in [0.3, 0.4) is 0 Å². The lowest BCUT2D eigenvalue weighted by Gasteiger charge is -2.13. The number of benzene rings is 1. The molecule has 0 fully saturated rings. The van der Waals surface area contributed by atoms with Gasteiger partial charge < -0.3 is 20.7 Å². The number of rotatable bonds is 9. The molecular weight excluding hydrogens is 526 g/mol. The van der Waals surface area contributed by atoms with Crippen LogP contribution in [-0.2, 0) is 17.9 Å². The molecule has 2 aromatic rings. The summed E-state index contributed by atoms with van der Waals surface area (Å²) in [7, 11) is 1.63. The maximum Gasteiger partial charge on any atom is 0.411 e. The third-order valence-electron chi connectivity index (χ3n) is 3.87. The third-order valence-corrected chi connectivity index (χ3v) is 3.87. The highest BCUT2D eigenvalue weighted by Crippen LogP contribution is 2.15. The molecule has 0 aliphatic carbocycles. The number of nitrogens with zero attached hydrogens (tertiary/aromatic N) is 2. The van der Waals surface area contributed by atoms with Crippen molar-refractivity contribution in [2.24, 2.45) is 4.99 Å². The lowest BCUT2D eigenvalue weighted by atomic mass is 10.1. The number of aromatic nitrogens is 1. The minimum atomic E-state index is -4.33. The van der Waals surface area contributed by atoms with Crippen molar-refractivity contribution in [2.45, 2.75) is 19.3 Å². The Morgan fingerprint density at radius 1 is 1.06 bits per heavy atom. The topological polar surface area (TPSA) is 87.6 Å². The molecule has 0 aliphatic rings. The number of carbonyl (C=O) groups is 1. The Kier molecular flexibility index (Phi) is 11.9. The molecule has 0 atom stereocenters. The fraction of sp³-hybridized carbons (Fsp3) is 0.350. The van der Waals surface area contributed by atoms with Gasteiger partial charge in [0.1, 0.15) is 6.61 Å². The Morgan fingerprint density at radius 3 is 2.35 bits per heavy atom. The number of hydrogen-bond donors (Lipinski definition) is 3. The molecule has 1 amide bonds. The van der Waals surface area contributed by atoms with Crippen molar-refractivity contribution >= 4 is 35.8 Å². The zero-order valence-electron chi connectivity index (χ0n) is 16.9. The summed E-state index contributed by atoms with van der Waals surface area (Å²) in [5.41, 5.74) is 2.09. The number of aliphatic imine (C=N–C) groups is 1. The summed E-state index contributed by atoms with van der Waals surface area (Å²) in [4.78, 5) is 19.9. The first-order chi connectivity index (χ1) is 14.4. The van der Waals surface area contributed by atoms with Crippen LogP contribution in [0, 0.1) is 0 Å². The van der Waals surface area contributed by atoms with Crippen molar-refractivity contribution < 1.29 is 22.7 Å². The standard InChI is InChI=1S/C20H24F3N5O2.HI/c1-24-19(27-10-9-26-18(29)17-3-2-8-25-12-17)28-11-15-4-6-16(7-5-15)13-30-14-20(21,22)23;/h2-8,12H,9-11,13-14H2,1H3,(H,26,29)(H2,24,27,28);1H. The van der Waals surface area contributed by atoms with Gasteiger partial charge in [-0.1, -0.05) is 24.3 Å². The highest BCUT2D eigenvalue weighted by molar-refractivity contribution is 14.0. The van der Waals surface area contributed by atoms with Crippen LogP contribution in [0.2, 0.25) is 0 Å². The minimum Gasteiger partial charge on any atom is -0.367 e. The predicted octanol–water partition coefficient (Wildman–Crippen LogP) is 2.87. The van der Waals surface area contributed by atoms with E-state index >= 15 is 0 Å². The van der Waals surface area contributed by atoms with E-state index in [1.165, 1.54) is 6.20 Å². The number of hydrogen-bond acceptors (Lipinski definition) is 4. The van der Waals surface area contributed by atoms with Crippen molar-refractivity contribution in [1.29, 1.82) is 0 Å². The van der Waals surface area contributed by atoms with Gasteiger partial charge >= 0.3 is 6.18 Å². The van der Waals surface area contributed by atoms with E-state index in [2.05, 4.69) is 30.7 Å². The van der Waals surface area contributed by atoms with Crippen molar-refractivity contribution in [3.05, 3.63) is 65.5 Å². The number of carbonyl (C=O) groups excluding carboxylic acids is 1. The molecule has 170 valence electrons. The smallest absolute Gasteiger partial charge is 0.367 e. The molecule has 0 saturated heterocycles. The van der Waals surface area contributed by atoms with Crippen LogP contribution in [-0.4, -0.2) is 49.8 Å². The second kappa shape index (κ2) is 13.8. The van der Waals surface area contributed by atoms with E-state index in [1.807, 2.05) is 0 Å². The number of alkyl halides is 3. The Labute approximate surface area is 195 Å². The number of amides is 1. The lowest BCUT2D eigenvalue weighted by molar-refractivity contribution is -0.176. The van der Waals surface area contributed by atoms with Crippen LogP contribution in [0.15, 0.2) is 53.8 Å². The number of pyridine rings is 1. The fourth-order valence-electron chi connectivity index (χ4n) is 2.40. The normalized spacial score (nSPS) is 11.4. The first-order valence-corrected chi connectivity index (χ1v) is 9.22. The second-order valence-corrected chi connectivity index (χ2v) is 6.27. The van der Waals surface area contributed by atoms with Gasteiger partial charge in [-0.2, -0.15) is 13.2 Å². The zero-order chi connectivity index (χ0) is 21.8. The van der Waals surface area contributed by atoms with Crippen LogP contribution in [0.25, 0.3) is 0 Å². The van der Waals surface area contributed by atoms with Crippen LogP contribution in [0.1, 0.15) is 21.5 Å². The van der Waals surface area contributed by atoms with E-state index in [9.17, 15) is 18.0 Å². The third kappa shape index (κ3) is 11.0. The van der Waals surface area contributed by atoms with Gasteiger partial charge in [0, 0.05) is 39.1 Å². The van der Waals surface area contributed by atoms with Crippen molar-refractivity contribution in [2.75, 3.05) is 26.7 Å². The molecule has 1 heterocycles. The first-order valence-electron chi connectivity index (χ1n) is 9.22. The van der Waals surface area contributed by atoms with E-state index in [0.29, 0.717) is 36.7 Å². The molecule has 0 aliphatic heterocycles. The predicted molar refractivity (Wildman–Crippen MR) is 122 cm³/mol. The van der Waals surface area contributed by atoms with Crippen molar-refractivity contribution in [3.8, 4) is 0 Å². The zero-order valence-corrected chi connectivity index (χ0v) is 19.2. The summed E-state index contributed by atoms with van der Waals surface area (Å²) in [6, 6.07) is 10.4. The van der Waals surface area contributed by atoms with E-state index < -0.39 is 12.8 Å². The summed E-state index contributed by atoms with van der Waals surface area (Å²) in [6.45, 7) is -0.00415. The summed E-state index contributed by atoms with van der Waals surface area (Å²) in [5, 5.41) is 8.98. The average molecular weight is 551 g/mol. The maximum atomic E-state index is 12.1. The maximum absolute atomic E-state index is 12.1. The molecule has 1 aromatic heterocycles. The van der Waals surface area contributed by atoms with Crippen LogP contribution < -0.4 is 16.0 Å². The van der Waals surface area contributed by atoms with Gasteiger partial charge in [0.2, 0.25) is 0 Å². The van der Waals surface area contributed by atoms with Crippen LogP contribution in [0.4, 0.5) is 13.2 Å². The molecule has 0 radical (unpaired) electrons. The molecule has 0 saturated carbocycles. The summed E-state index contributed by atoms with van der Waals surface area (Å²) in [5.74, 6) is 0.357. The molecular formula is C20H25F3IN5O2. The Morgan fingerprint density at radius 2 is 1.74 bits per heavy atom. The summed E-state index contributed by atoms with van der Waals surface area (Å²) < 4.78 is 40.9. The van der Waals surface area contributed by atoms with E-state index in [-0.39, 0.29) is 36.5 Å². The molecule has 31 heavy (non-hydrogen) atoms. The first kappa shape index (κ1) is 26.6. The molecule has 0 spiro atoms. The van der Waals surface area contributed by atoms with Gasteiger partial charge in [0.15, 0.2) is 5.96 Å². The monoisotopic (exact) mass is 551 g/mol. The van der Waals surface area contributed by atoms with Crippen LogP contribution in [0.5, 0.6) is 0 Å². The largest absolute Gasteiger partial charge is 0.411 e. The molecule has 11 heteroatoms. The fourth-order valence-corrected chi connectivity index (χ4v) is 2.40. The van der Waals surface area contributed by atoms with E-state index in [0.717, 1.165) is 5.56 Å². The molecule has 1 aromatic carbocycles. The highest BCUT2D eigenvalue weighted by atomic mass is 127. The van der Waals surface area contributed by atoms with Gasteiger partial charge in [0.25, 0.3) is 5.91 Å². The molecule has 0 unspecified atom stereocenters. The van der Waals surface area contributed by atoms with Gasteiger partial charge in [0.05, 0.1) is 12.2 Å².